The van der Waals surface area contributed by atoms with Crippen molar-refractivity contribution < 1.29 is 19.7 Å². The van der Waals surface area contributed by atoms with Crippen molar-refractivity contribution in [2.75, 3.05) is 7.11 Å². The van der Waals surface area contributed by atoms with Crippen molar-refractivity contribution in [1.29, 1.82) is 0 Å². The Hall–Kier alpha value is -2.24. The molecule has 2 aromatic carbocycles. The van der Waals surface area contributed by atoms with E-state index < -0.39 is 18.2 Å². The molecule has 0 radical (unpaired) electrons. The lowest BCUT2D eigenvalue weighted by atomic mass is 9.96. The van der Waals surface area contributed by atoms with Gasteiger partial charge in [0.1, 0.15) is 5.75 Å². The van der Waals surface area contributed by atoms with E-state index in [0.717, 1.165) is 5.56 Å². The zero-order chi connectivity index (χ0) is 17.5. The summed E-state index contributed by atoms with van der Waals surface area (Å²) in [6.07, 6.45) is -1.08. The number of carbonyl (C=O) groups is 1. The maximum atomic E-state index is 11.1. The lowest BCUT2D eigenvalue weighted by Gasteiger charge is -2.23. The van der Waals surface area contributed by atoms with E-state index in [1.807, 2.05) is 30.3 Å². The average molecular weight is 350 g/mol. The summed E-state index contributed by atoms with van der Waals surface area (Å²) < 4.78 is 5.09. The van der Waals surface area contributed by atoms with Crippen LogP contribution in [-0.2, 0) is 6.42 Å². The van der Waals surface area contributed by atoms with Crippen molar-refractivity contribution in [2.45, 2.75) is 25.0 Å². The van der Waals surface area contributed by atoms with Gasteiger partial charge in [-0.05, 0) is 36.1 Å². The number of hydrogen-bond acceptors (Lipinski definition) is 3. The van der Waals surface area contributed by atoms with Crippen LogP contribution in [0.25, 0.3) is 0 Å². The summed E-state index contributed by atoms with van der Waals surface area (Å²) in [4.78, 5) is 11.1. The van der Waals surface area contributed by atoms with Gasteiger partial charge in [-0.25, -0.2) is 4.79 Å². The van der Waals surface area contributed by atoms with Gasteiger partial charge in [-0.1, -0.05) is 48.0 Å². The van der Waals surface area contributed by atoms with Gasteiger partial charge in [0.25, 0.3) is 0 Å². The van der Waals surface area contributed by atoms with Crippen LogP contribution in [0.1, 0.15) is 23.7 Å². The van der Waals surface area contributed by atoms with Gasteiger partial charge in [-0.15, -0.1) is 0 Å². The van der Waals surface area contributed by atoms with Crippen LogP contribution in [0, 0.1) is 0 Å². The van der Waals surface area contributed by atoms with Crippen LogP contribution < -0.4 is 10.1 Å². The maximum Gasteiger partial charge on any atom is 0.404 e. The first-order valence-corrected chi connectivity index (χ1v) is 7.94. The first-order chi connectivity index (χ1) is 11.5. The number of carboxylic acid groups (broad SMARTS) is 1. The van der Waals surface area contributed by atoms with Gasteiger partial charge in [0.15, 0.2) is 0 Å². The minimum atomic E-state index is -1.17. The average Bonchev–Trinajstić information content (AvgIpc) is 2.58. The molecular formula is C18H20ClNO4. The Labute approximate surface area is 145 Å². The molecule has 128 valence electrons. The van der Waals surface area contributed by atoms with Crippen molar-refractivity contribution in [1.82, 2.24) is 5.32 Å². The third-order valence-electron chi connectivity index (χ3n) is 3.79. The monoisotopic (exact) mass is 349 g/mol. The molecular weight excluding hydrogens is 330 g/mol. The Balaban J connectivity index is 2.13. The quantitative estimate of drug-likeness (QED) is 0.713. The molecule has 0 saturated heterocycles. The Morgan fingerprint density at radius 3 is 2.54 bits per heavy atom. The Bertz CT molecular complexity index is 678. The molecule has 0 unspecified atom stereocenters. The third-order valence-corrected chi connectivity index (χ3v) is 4.09. The van der Waals surface area contributed by atoms with E-state index >= 15 is 0 Å². The van der Waals surface area contributed by atoms with Gasteiger partial charge in [-0.3, -0.25) is 0 Å². The van der Waals surface area contributed by atoms with Crippen LogP contribution in [0.5, 0.6) is 5.75 Å². The fourth-order valence-electron chi connectivity index (χ4n) is 2.53. The van der Waals surface area contributed by atoms with E-state index in [1.54, 1.807) is 18.2 Å². The number of halogens is 1. The highest BCUT2D eigenvalue weighted by Crippen LogP contribution is 2.29. The number of benzene rings is 2. The second kappa shape index (κ2) is 8.57. The van der Waals surface area contributed by atoms with Gasteiger partial charge in [0.2, 0.25) is 0 Å². The van der Waals surface area contributed by atoms with E-state index in [2.05, 4.69) is 5.32 Å². The first kappa shape index (κ1) is 18.1. The van der Waals surface area contributed by atoms with Crippen molar-refractivity contribution in [3.63, 3.8) is 0 Å². The molecule has 0 aromatic heterocycles. The topological polar surface area (TPSA) is 78.8 Å². The van der Waals surface area contributed by atoms with Crippen LogP contribution in [0.15, 0.2) is 48.5 Å². The first-order valence-electron chi connectivity index (χ1n) is 7.56. The molecule has 2 aromatic rings. The molecule has 0 aliphatic rings. The number of aliphatic hydroxyl groups is 1. The SMILES string of the molecule is COc1ccc([C@@H](O)[C@H](CCc2ccccc2)NC(=O)O)cc1Cl. The number of aliphatic hydroxyl groups excluding tert-OH is 1. The van der Waals surface area contributed by atoms with Crippen molar-refractivity contribution in [3.05, 3.63) is 64.7 Å². The van der Waals surface area contributed by atoms with E-state index in [-0.39, 0.29) is 0 Å². The fourth-order valence-corrected chi connectivity index (χ4v) is 2.80. The van der Waals surface area contributed by atoms with E-state index in [0.29, 0.717) is 29.2 Å². The van der Waals surface area contributed by atoms with Crippen molar-refractivity contribution in [2.24, 2.45) is 0 Å². The second-order valence-corrected chi connectivity index (χ2v) is 5.83. The number of methoxy groups -OCH3 is 1. The number of ether oxygens (including phenoxy) is 1. The highest BCUT2D eigenvalue weighted by atomic mass is 35.5. The van der Waals surface area contributed by atoms with Crippen LogP contribution in [0.4, 0.5) is 4.79 Å². The molecule has 6 heteroatoms. The highest BCUT2D eigenvalue weighted by Gasteiger charge is 2.23. The van der Waals surface area contributed by atoms with E-state index in [1.165, 1.54) is 7.11 Å². The van der Waals surface area contributed by atoms with Gasteiger partial charge in [0.05, 0.1) is 24.3 Å². The molecule has 2 rings (SSSR count). The number of hydrogen-bond donors (Lipinski definition) is 3. The van der Waals surface area contributed by atoms with Crippen LogP contribution in [0.2, 0.25) is 5.02 Å². The Kier molecular flexibility index (Phi) is 6.46. The summed E-state index contributed by atoms with van der Waals surface area (Å²) in [7, 11) is 1.51. The molecule has 5 nitrogen and oxygen atoms in total. The number of aryl methyl sites for hydroxylation is 1. The lowest BCUT2D eigenvalue weighted by Crippen LogP contribution is -2.38. The van der Waals surface area contributed by atoms with Gasteiger partial charge in [0, 0.05) is 0 Å². The standard InChI is InChI=1S/C18H20ClNO4/c1-24-16-10-8-13(11-14(16)19)17(21)15(20-18(22)23)9-7-12-5-3-2-4-6-12/h2-6,8,10-11,15,17,20-21H,7,9H2,1H3,(H,22,23)/t15-,17+/m0/s1. The van der Waals surface area contributed by atoms with E-state index in [4.69, 9.17) is 21.4 Å². The van der Waals surface area contributed by atoms with Crippen LogP contribution in [-0.4, -0.2) is 29.5 Å². The molecule has 0 bridgehead atoms. The number of amides is 1. The zero-order valence-corrected chi connectivity index (χ0v) is 14.0. The maximum absolute atomic E-state index is 11.1. The molecule has 0 aliphatic carbocycles. The smallest absolute Gasteiger partial charge is 0.404 e. The van der Waals surface area contributed by atoms with Crippen LogP contribution in [0.3, 0.4) is 0 Å². The van der Waals surface area contributed by atoms with Gasteiger partial charge < -0.3 is 20.3 Å². The number of rotatable bonds is 7. The van der Waals surface area contributed by atoms with Gasteiger partial charge >= 0.3 is 6.09 Å². The molecule has 3 N–H and O–H groups in total. The summed E-state index contributed by atoms with van der Waals surface area (Å²) in [5.41, 5.74) is 1.61. The number of nitrogens with one attached hydrogen (secondary N) is 1. The Morgan fingerprint density at radius 1 is 1.25 bits per heavy atom. The molecule has 0 aliphatic heterocycles. The second-order valence-electron chi connectivity index (χ2n) is 5.42. The highest BCUT2D eigenvalue weighted by molar-refractivity contribution is 6.32. The predicted molar refractivity (Wildman–Crippen MR) is 92.7 cm³/mol. The molecule has 0 heterocycles. The summed E-state index contributed by atoms with van der Waals surface area (Å²) in [5.74, 6) is 0.500. The largest absolute Gasteiger partial charge is 0.495 e. The predicted octanol–water partition coefficient (Wildman–Crippen LogP) is 3.65. The molecule has 0 saturated carbocycles. The minimum Gasteiger partial charge on any atom is -0.495 e. The zero-order valence-electron chi connectivity index (χ0n) is 13.3. The van der Waals surface area contributed by atoms with E-state index in [9.17, 15) is 9.90 Å². The third kappa shape index (κ3) is 4.88. The van der Waals surface area contributed by atoms with Crippen LogP contribution >= 0.6 is 11.6 Å². The molecule has 2 atom stereocenters. The molecule has 24 heavy (non-hydrogen) atoms. The normalized spacial score (nSPS) is 13.1. The molecule has 0 spiro atoms. The Morgan fingerprint density at radius 2 is 1.96 bits per heavy atom. The fraction of sp³-hybridized carbons (Fsp3) is 0.278. The molecule has 1 amide bonds. The molecule has 0 fully saturated rings. The van der Waals surface area contributed by atoms with Crippen molar-refractivity contribution in [3.8, 4) is 5.75 Å². The summed E-state index contributed by atoms with van der Waals surface area (Å²) in [6, 6.07) is 14.0. The summed E-state index contributed by atoms with van der Waals surface area (Å²) >= 11 is 6.08. The summed E-state index contributed by atoms with van der Waals surface area (Å²) in [5, 5.41) is 22.4. The minimum absolute atomic E-state index is 0.367. The lowest BCUT2D eigenvalue weighted by molar-refractivity contribution is 0.116. The van der Waals surface area contributed by atoms with Gasteiger partial charge in [-0.2, -0.15) is 0 Å². The summed E-state index contributed by atoms with van der Waals surface area (Å²) in [6.45, 7) is 0. The van der Waals surface area contributed by atoms with Crippen molar-refractivity contribution >= 4 is 17.7 Å².